The molecule has 1 aromatic heterocycles. The van der Waals surface area contributed by atoms with E-state index in [4.69, 9.17) is 5.11 Å². The zero-order valence-electron chi connectivity index (χ0n) is 5.83. The summed E-state index contributed by atoms with van der Waals surface area (Å²) < 4.78 is 0. The van der Waals surface area contributed by atoms with E-state index in [0.29, 0.717) is 0 Å². The van der Waals surface area contributed by atoms with E-state index in [-0.39, 0.29) is 5.75 Å². The van der Waals surface area contributed by atoms with Crippen molar-refractivity contribution < 1.29 is 5.11 Å². The molecule has 0 aliphatic carbocycles. The average molecular weight is 135 g/mol. The molecule has 10 heavy (non-hydrogen) atoms. The average Bonchev–Trinajstić information content (AvgIpc) is 1.94. The van der Waals surface area contributed by atoms with Crippen molar-refractivity contribution in [1.82, 2.24) is 4.98 Å². The van der Waals surface area contributed by atoms with E-state index in [1.165, 1.54) is 6.20 Å². The van der Waals surface area contributed by atoms with Crippen LogP contribution in [0.2, 0.25) is 0 Å². The van der Waals surface area contributed by atoms with E-state index < -0.39 is 0 Å². The van der Waals surface area contributed by atoms with Crippen LogP contribution < -0.4 is 0 Å². The van der Waals surface area contributed by atoms with Crippen LogP contribution >= 0.6 is 0 Å². The van der Waals surface area contributed by atoms with E-state index in [2.05, 4.69) is 11.6 Å². The standard InChI is InChI=1S/C8H9NO/c1-3-7-4-6(2)9-5-8(7)10/h3-5,10H,1H2,2H3. The van der Waals surface area contributed by atoms with Gasteiger partial charge in [-0.3, -0.25) is 4.98 Å². The monoisotopic (exact) mass is 135 g/mol. The number of aromatic hydroxyl groups is 1. The van der Waals surface area contributed by atoms with Gasteiger partial charge in [-0.25, -0.2) is 0 Å². The second-order valence-corrected chi connectivity index (χ2v) is 2.09. The highest BCUT2D eigenvalue weighted by molar-refractivity contribution is 5.54. The van der Waals surface area contributed by atoms with Crippen LogP contribution in [0.15, 0.2) is 18.8 Å². The molecule has 0 aromatic carbocycles. The molecule has 2 nitrogen and oxygen atoms in total. The number of hydrogen-bond acceptors (Lipinski definition) is 2. The molecule has 1 N–H and O–H groups in total. The first-order chi connectivity index (χ1) is 4.74. The first kappa shape index (κ1) is 6.81. The smallest absolute Gasteiger partial charge is 0.141 e. The minimum Gasteiger partial charge on any atom is -0.506 e. The molecule has 0 bridgehead atoms. The summed E-state index contributed by atoms with van der Waals surface area (Å²) in [7, 11) is 0. The summed E-state index contributed by atoms with van der Waals surface area (Å²) in [6, 6.07) is 1.78. The third-order valence-electron chi connectivity index (χ3n) is 1.27. The molecule has 0 saturated heterocycles. The molecule has 0 fully saturated rings. The Kier molecular flexibility index (Phi) is 1.71. The molecular weight excluding hydrogens is 126 g/mol. The number of rotatable bonds is 1. The molecular formula is C8H9NO. The Bertz CT molecular complexity index is 255. The summed E-state index contributed by atoms with van der Waals surface area (Å²) in [5, 5.41) is 9.10. The maximum absolute atomic E-state index is 9.10. The minimum atomic E-state index is 0.181. The van der Waals surface area contributed by atoms with Gasteiger partial charge in [-0.15, -0.1) is 0 Å². The molecule has 0 amide bonds. The molecule has 0 aliphatic heterocycles. The Morgan fingerprint density at radius 1 is 1.70 bits per heavy atom. The Morgan fingerprint density at radius 3 is 2.90 bits per heavy atom. The lowest BCUT2D eigenvalue weighted by Gasteiger charge is -1.97. The first-order valence-corrected chi connectivity index (χ1v) is 3.02. The van der Waals surface area contributed by atoms with E-state index in [1.54, 1.807) is 12.1 Å². The fourth-order valence-corrected chi connectivity index (χ4v) is 0.737. The van der Waals surface area contributed by atoms with Crippen LogP contribution in [0, 0.1) is 6.92 Å². The van der Waals surface area contributed by atoms with Gasteiger partial charge in [0.2, 0.25) is 0 Å². The second kappa shape index (κ2) is 2.52. The van der Waals surface area contributed by atoms with E-state index in [9.17, 15) is 0 Å². The van der Waals surface area contributed by atoms with Crippen molar-refractivity contribution in [3.63, 3.8) is 0 Å². The topological polar surface area (TPSA) is 33.1 Å². The third-order valence-corrected chi connectivity index (χ3v) is 1.27. The fourth-order valence-electron chi connectivity index (χ4n) is 0.737. The summed E-state index contributed by atoms with van der Waals surface area (Å²) in [4.78, 5) is 3.89. The largest absolute Gasteiger partial charge is 0.506 e. The number of aromatic nitrogens is 1. The Morgan fingerprint density at radius 2 is 2.40 bits per heavy atom. The summed E-state index contributed by atoms with van der Waals surface area (Å²) in [5.74, 6) is 0.181. The normalized spacial score (nSPS) is 9.30. The van der Waals surface area contributed by atoms with Crippen molar-refractivity contribution in [3.8, 4) is 5.75 Å². The minimum absolute atomic E-state index is 0.181. The van der Waals surface area contributed by atoms with Gasteiger partial charge in [0.15, 0.2) is 0 Å². The lowest BCUT2D eigenvalue weighted by atomic mass is 10.2. The fraction of sp³-hybridized carbons (Fsp3) is 0.125. The highest BCUT2D eigenvalue weighted by atomic mass is 16.3. The molecule has 0 spiro atoms. The quantitative estimate of drug-likeness (QED) is 0.636. The van der Waals surface area contributed by atoms with Gasteiger partial charge >= 0.3 is 0 Å². The Labute approximate surface area is 59.9 Å². The summed E-state index contributed by atoms with van der Waals surface area (Å²) >= 11 is 0. The maximum Gasteiger partial charge on any atom is 0.141 e. The van der Waals surface area contributed by atoms with Crippen LogP contribution in [0.4, 0.5) is 0 Å². The molecule has 0 saturated carbocycles. The molecule has 1 aromatic rings. The Hall–Kier alpha value is -1.31. The molecule has 1 rings (SSSR count). The van der Waals surface area contributed by atoms with E-state index >= 15 is 0 Å². The molecule has 0 radical (unpaired) electrons. The zero-order valence-corrected chi connectivity index (χ0v) is 5.83. The predicted octanol–water partition coefficient (Wildman–Crippen LogP) is 1.74. The number of nitrogens with zero attached hydrogens (tertiary/aromatic N) is 1. The third kappa shape index (κ3) is 1.16. The summed E-state index contributed by atoms with van der Waals surface area (Å²) in [6.07, 6.45) is 3.02. The summed E-state index contributed by atoms with van der Waals surface area (Å²) in [5.41, 5.74) is 1.61. The SMILES string of the molecule is C=Cc1cc(C)ncc1O. The van der Waals surface area contributed by atoms with Crippen molar-refractivity contribution in [1.29, 1.82) is 0 Å². The van der Waals surface area contributed by atoms with Crippen molar-refractivity contribution >= 4 is 6.08 Å². The van der Waals surface area contributed by atoms with E-state index in [0.717, 1.165) is 11.3 Å². The first-order valence-electron chi connectivity index (χ1n) is 3.02. The van der Waals surface area contributed by atoms with Gasteiger partial charge in [-0.1, -0.05) is 12.7 Å². The van der Waals surface area contributed by atoms with Crippen molar-refractivity contribution in [3.05, 3.63) is 30.1 Å². The van der Waals surface area contributed by atoms with Gasteiger partial charge in [0, 0.05) is 11.3 Å². The van der Waals surface area contributed by atoms with Crippen LogP contribution in [0.25, 0.3) is 6.08 Å². The van der Waals surface area contributed by atoms with Crippen molar-refractivity contribution in [2.45, 2.75) is 6.92 Å². The van der Waals surface area contributed by atoms with Crippen LogP contribution in [-0.2, 0) is 0 Å². The molecule has 2 heteroatoms. The molecule has 52 valence electrons. The highest BCUT2D eigenvalue weighted by Crippen LogP contribution is 2.16. The molecule has 1 heterocycles. The number of pyridine rings is 1. The van der Waals surface area contributed by atoms with Crippen LogP contribution in [-0.4, -0.2) is 10.1 Å². The number of aryl methyl sites for hydroxylation is 1. The van der Waals surface area contributed by atoms with Crippen LogP contribution in [0.5, 0.6) is 5.75 Å². The maximum atomic E-state index is 9.10. The molecule has 0 atom stereocenters. The van der Waals surface area contributed by atoms with Gasteiger partial charge < -0.3 is 5.11 Å². The molecule has 0 unspecified atom stereocenters. The lowest BCUT2D eigenvalue weighted by Crippen LogP contribution is -1.81. The predicted molar refractivity (Wildman–Crippen MR) is 40.7 cm³/mol. The molecule has 0 aliphatic rings. The van der Waals surface area contributed by atoms with Gasteiger partial charge in [0.1, 0.15) is 5.75 Å². The van der Waals surface area contributed by atoms with Crippen molar-refractivity contribution in [2.75, 3.05) is 0 Å². The van der Waals surface area contributed by atoms with Gasteiger partial charge in [0.25, 0.3) is 0 Å². The van der Waals surface area contributed by atoms with Crippen LogP contribution in [0.3, 0.4) is 0 Å². The van der Waals surface area contributed by atoms with Crippen LogP contribution in [0.1, 0.15) is 11.3 Å². The summed E-state index contributed by atoms with van der Waals surface area (Å²) in [6.45, 7) is 5.41. The van der Waals surface area contributed by atoms with Gasteiger partial charge in [-0.05, 0) is 13.0 Å². The van der Waals surface area contributed by atoms with Gasteiger partial charge in [-0.2, -0.15) is 0 Å². The number of hydrogen-bond donors (Lipinski definition) is 1. The van der Waals surface area contributed by atoms with E-state index in [1.807, 2.05) is 6.92 Å². The zero-order chi connectivity index (χ0) is 7.56. The Balaban J connectivity index is 3.21. The second-order valence-electron chi connectivity index (χ2n) is 2.09. The highest BCUT2D eigenvalue weighted by Gasteiger charge is 1.95. The van der Waals surface area contributed by atoms with Crippen molar-refractivity contribution in [2.24, 2.45) is 0 Å². The van der Waals surface area contributed by atoms with Gasteiger partial charge in [0.05, 0.1) is 6.20 Å². The lowest BCUT2D eigenvalue weighted by molar-refractivity contribution is 0.471.